The Morgan fingerprint density at radius 1 is 1.30 bits per heavy atom. The minimum absolute atomic E-state index is 0.0188. The summed E-state index contributed by atoms with van der Waals surface area (Å²) in [5.74, 6) is 5.82. The van der Waals surface area contributed by atoms with Crippen LogP contribution in [0.4, 0.5) is 0 Å². The minimum Gasteiger partial charge on any atom is -0.739 e. The molecule has 20 heavy (non-hydrogen) atoms. The van der Waals surface area contributed by atoms with Crippen LogP contribution in [0.1, 0.15) is 0 Å². The first-order chi connectivity index (χ1) is 9.38. The molecule has 0 spiro atoms. The highest BCUT2D eigenvalue weighted by molar-refractivity contribution is 8.69. The lowest BCUT2D eigenvalue weighted by atomic mass is 10.2. The zero-order valence-electron chi connectivity index (χ0n) is 10.2. The standard InChI is InChI=1S/C10H12N4O4S2/c11-14-9(8-4-2-1-3-5-8)12-13(10(14)15)6-7-19-20(16,17)18/h1-5H,6-7,11H2,(H,16,17,18)/p-1. The van der Waals surface area contributed by atoms with Crippen molar-refractivity contribution in [3.8, 4) is 11.4 Å². The van der Waals surface area contributed by atoms with Crippen LogP contribution in [0.25, 0.3) is 11.4 Å². The van der Waals surface area contributed by atoms with Gasteiger partial charge in [0.1, 0.15) is 9.15 Å². The zero-order valence-corrected chi connectivity index (χ0v) is 11.8. The van der Waals surface area contributed by atoms with Crippen molar-refractivity contribution in [3.05, 3.63) is 40.8 Å². The van der Waals surface area contributed by atoms with Gasteiger partial charge in [-0.2, -0.15) is 4.68 Å². The van der Waals surface area contributed by atoms with Gasteiger partial charge in [-0.05, 0) is 10.8 Å². The Labute approximate surface area is 118 Å². The van der Waals surface area contributed by atoms with Crippen molar-refractivity contribution in [3.63, 3.8) is 0 Å². The molecule has 0 aliphatic carbocycles. The van der Waals surface area contributed by atoms with Gasteiger partial charge in [0.2, 0.25) is 0 Å². The third kappa shape index (κ3) is 3.40. The van der Waals surface area contributed by atoms with Crippen molar-refractivity contribution in [1.82, 2.24) is 14.5 Å². The summed E-state index contributed by atoms with van der Waals surface area (Å²) in [6.07, 6.45) is 0. The fourth-order valence-electron chi connectivity index (χ4n) is 1.58. The van der Waals surface area contributed by atoms with Crippen LogP contribution in [0.5, 0.6) is 0 Å². The molecule has 0 bridgehead atoms. The molecule has 1 aromatic heterocycles. The van der Waals surface area contributed by atoms with Gasteiger partial charge in [-0.3, -0.25) is 0 Å². The van der Waals surface area contributed by atoms with Crippen LogP contribution >= 0.6 is 10.8 Å². The molecule has 8 nitrogen and oxygen atoms in total. The quantitative estimate of drug-likeness (QED) is 0.453. The SMILES string of the molecule is Nn1c(-c2ccccc2)nn(CCSS(=O)(=O)[O-])c1=O. The lowest BCUT2D eigenvalue weighted by Gasteiger charge is -2.04. The normalized spacial score (nSPS) is 11.7. The first-order valence-corrected chi connectivity index (χ1v) is 8.40. The first kappa shape index (κ1) is 14.6. The smallest absolute Gasteiger partial charge is 0.364 e. The van der Waals surface area contributed by atoms with Crippen molar-refractivity contribution in [2.24, 2.45) is 0 Å². The summed E-state index contributed by atoms with van der Waals surface area (Å²) in [6.45, 7) is -0.0188. The molecule has 1 aromatic carbocycles. The molecule has 0 fully saturated rings. The number of nitrogen functional groups attached to an aromatic ring is 1. The second-order valence-corrected chi connectivity index (χ2v) is 7.19. The Hall–Kier alpha value is -1.78. The van der Waals surface area contributed by atoms with E-state index in [9.17, 15) is 17.8 Å². The number of rotatable bonds is 5. The molecular formula is C10H11N4O4S2-. The summed E-state index contributed by atoms with van der Waals surface area (Å²) in [5.41, 5.74) is 0.0858. The van der Waals surface area contributed by atoms with Crippen molar-refractivity contribution < 1.29 is 13.0 Å². The van der Waals surface area contributed by atoms with E-state index in [0.29, 0.717) is 5.56 Å². The molecule has 0 saturated carbocycles. The van der Waals surface area contributed by atoms with Crippen molar-refractivity contribution in [1.29, 1.82) is 0 Å². The molecule has 1 heterocycles. The highest BCUT2D eigenvalue weighted by Crippen LogP contribution is 2.13. The van der Waals surface area contributed by atoms with Crippen molar-refractivity contribution in [2.45, 2.75) is 6.54 Å². The monoisotopic (exact) mass is 315 g/mol. The Morgan fingerprint density at radius 2 is 1.95 bits per heavy atom. The third-order valence-electron chi connectivity index (χ3n) is 2.43. The van der Waals surface area contributed by atoms with Gasteiger partial charge >= 0.3 is 5.69 Å². The number of nitrogens with zero attached hydrogens (tertiary/aromatic N) is 3. The lowest BCUT2D eigenvalue weighted by molar-refractivity contribution is 0.482. The average molecular weight is 315 g/mol. The second-order valence-electron chi connectivity index (χ2n) is 3.80. The second kappa shape index (κ2) is 5.69. The van der Waals surface area contributed by atoms with E-state index in [-0.39, 0.29) is 28.9 Å². The van der Waals surface area contributed by atoms with Crippen LogP contribution in [-0.2, 0) is 15.7 Å². The van der Waals surface area contributed by atoms with Gasteiger partial charge in [-0.25, -0.2) is 17.9 Å². The minimum atomic E-state index is -4.38. The number of aryl methyl sites for hydroxylation is 1. The van der Waals surface area contributed by atoms with E-state index < -0.39 is 14.8 Å². The van der Waals surface area contributed by atoms with Crippen LogP contribution in [0.3, 0.4) is 0 Å². The van der Waals surface area contributed by atoms with E-state index in [4.69, 9.17) is 5.84 Å². The predicted molar refractivity (Wildman–Crippen MR) is 74.2 cm³/mol. The topological polar surface area (TPSA) is 123 Å². The summed E-state index contributed by atoms with van der Waals surface area (Å²) in [5, 5.41) is 4.03. The van der Waals surface area contributed by atoms with E-state index in [1.54, 1.807) is 24.3 Å². The van der Waals surface area contributed by atoms with Crippen LogP contribution in [-0.4, -0.2) is 33.2 Å². The Balaban J connectivity index is 2.23. The fraction of sp³-hybridized carbons (Fsp3) is 0.200. The maximum atomic E-state index is 11.8. The van der Waals surface area contributed by atoms with Gasteiger partial charge in [0.05, 0.1) is 6.54 Å². The Kier molecular flexibility index (Phi) is 4.16. The van der Waals surface area contributed by atoms with E-state index in [1.165, 1.54) is 0 Å². The molecule has 0 atom stereocenters. The van der Waals surface area contributed by atoms with Gasteiger partial charge in [0.15, 0.2) is 5.82 Å². The molecule has 0 aliphatic rings. The molecule has 0 unspecified atom stereocenters. The highest BCUT2D eigenvalue weighted by atomic mass is 33.1. The van der Waals surface area contributed by atoms with Gasteiger partial charge in [0, 0.05) is 11.3 Å². The molecule has 108 valence electrons. The maximum Gasteiger partial charge on any atom is 0.364 e. The lowest BCUT2D eigenvalue weighted by Crippen LogP contribution is -2.30. The number of nitrogens with two attached hydrogens (primary N) is 1. The molecule has 0 saturated heterocycles. The first-order valence-electron chi connectivity index (χ1n) is 5.49. The predicted octanol–water partition coefficient (Wildman–Crippen LogP) is -0.381. The molecular weight excluding hydrogens is 304 g/mol. The maximum absolute atomic E-state index is 11.8. The number of hydrogen-bond donors (Lipinski definition) is 1. The molecule has 0 aliphatic heterocycles. The van der Waals surface area contributed by atoms with Crippen molar-refractivity contribution >= 4 is 19.9 Å². The average Bonchev–Trinajstić information content (AvgIpc) is 2.67. The van der Waals surface area contributed by atoms with Crippen LogP contribution < -0.4 is 11.5 Å². The van der Waals surface area contributed by atoms with Crippen LogP contribution in [0, 0.1) is 0 Å². The molecule has 10 heteroatoms. The van der Waals surface area contributed by atoms with Gasteiger partial charge < -0.3 is 10.4 Å². The Morgan fingerprint density at radius 3 is 2.55 bits per heavy atom. The summed E-state index contributed by atoms with van der Waals surface area (Å²) >= 11 is 0. The fourth-order valence-corrected chi connectivity index (χ4v) is 2.86. The van der Waals surface area contributed by atoms with Gasteiger partial charge in [-0.15, -0.1) is 5.10 Å². The Bertz CT molecular complexity index is 751. The summed E-state index contributed by atoms with van der Waals surface area (Å²) in [7, 11) is -4.16. The van der Waals surface area contributed by atoms with Gasteiger partial charge in [0.25, 0.3) is 0 Å². The molecule has 0 amide bonds. The van der Waals surface area contributed by atoms with Crippen LogP contribution in [0.15, 0.2) is 35.1 Å². The number of aromatic nitrogens is 3. The van der Waals surface area contributed by atoms with E-state index >= 15 is 0 Å². The summed E-state index contributed by atoms with van der Waals surface area (Å²) in [6, 6.07) is 8.85. The van der Waals surface area contributed by atoms with Crippen LogP contribution in [0.2, 0.25) is 0 Å². The number of hydrogen-bond acceptors (Lipinski definition) is 7. The van der Waals surface area contributed by atoms with Gasteiger partial charge in [-0.1, -0.05) is 30.3 Å². The summed E-state index contributed by atoms with van der Waals surface area (Å²) in [4.78, 5) is 11.8. The molecule has 2 rings (SSSR count). The van der Waals surface area contributed by atoms with Crippen molar-refractivity contribution in [2.75, 3.05) is 11.6 Å². The number of benzene rings is 1. The highest BCUT2D eigenvalue weighted by Gasteiger charge is 2.12. The molecule has 0 radical (unpaired) electrons. The largest absolute Gasteiger partial charge is 0.739 e. The summed E-state index contributed by atoms with van der Waals surface area (Å²) < 4.78 is 33.3. The molecule has 2 aromatic rings. The van der Waals surface area contributed by atoms with E-state index in [1.807, 2.05) is 6.07 Å². The van der Waals surface area contributed by atoms with E-state index in [2.05, 4.69) is 5.10 Å². The molecule has 2 N–H and O–H groups in total. The van der Waals surface area contributed by atoms with E-state index in [0.717, 1.165) is 9.36 Å². The third-order valence-corrected chi connectivity index (χ3v) is 4.44. The zero-order chi connectivity index (χ0) is 14.8.